The predicted octanol–water partition coefficient (Wildman–Crippen LogP) is 3.77. The van der Waals surface area contributed by atoms with Crippen LogP contribution in [0.3, 0.4) is 0 Å². The largest absolute Gasteiger partial charge is 0.496 e. The van der Waals surface area contributed by atoms with Crippen molar-refractivity contribution in [1.29, 1.82) is 0 Å². The molecule has 0 unspecified atom stereocenters. The molecule has 4 nitrogen and oxygen atoms in total. The van der Waals surface area contributed by atoms with Crippen LogP contribution in [-0.2, 0) is 0 Å². The molecule has 6 heteroatoms. The van der Waals surface area contributed by atoms with E-state index in [4.69, 9.17) is 27.9 Å². The Morgan fingerprint density at radius 1 is 1.19 bits per heavy atom. The zero-order valence-electron chi connectivity index (χ0n) is 11.1. The summed E-state index contributed by atoms with van der Waals surface area (Å²) in [6.07, 6.45) is 1.48. The Morgan fingerprint density at radius 2 is 1.95 bits per heavy atom. The Labute approximate surface area is 132 Å². The number of rotatable bonds is 4. The van der Waals surface area contributed by atoms with Crippen LogP contribution in [0.25, 0.3) is 0 Å². The van der Waals surface area contributed by atoms with Crippen LogP contribution in [0.2, 0.25) is 10.0 Å². The molecule has 108 valence electrons. The molecule has 0 aliphatic heterocycles. The fraction of sp³-hybridized carbons (Fsp3) is 0.0667. The van der Waals surface area contributed by atoms with Gasteiger partial charge < -0.3 is 4.74 Å². The van der Waals surface area contributed by atoms with Gasteiger partial charge in [-0.25, -0.2) is 5.43 Å². The molecule has 0 radical (unpaired) electrons. The fourth-order valence-corrected chi connectivity index (χ4v) is 1.96. The number of hydrogen-bond donors (Lipinski definition) is 1. The number of hydrogen-bond acceptors (Lipinski definition) is 3. The average Bonchev–Trinajstić information content (AvgIpc) is 2.50. The van der Waals surface area contributed by atoms with Gasteiger partial charge in [0.1, 0.15) is 5.75 Å². The lowest BCUT2D eigenvalue weighted by Crippen LogP contribution is -2.18. The highest BCUT2D eigenvalue weighted by Gasteiger charge is 2.09. The number of nitrogens with zero attached hydrogens (tertiary/aromatic N) is 1. The number of carbonyl (C=O) groups is 1. The third-order valence-corrected chi connectivity index (χ3v) is 3.41. The van der Waals surface area contributed by atoms with Gasteiger partial charge in [-0.05, 0) is 29.8 Å². The SMILES string of the molecule is COc1ccccc1C(=O)N/N=C/c1ccc(Cl)c(Cl)c1. The number of benzene rings is 2. The molecule has 0 aliphatic rings. The number of para-hydroxylation sites is 1. The molecule has 0 atom stereocenters. The number of nitrogens with one attached hydrogen (secondary N) is 1. The van der Waals surface area contributed by atoms with E-state index in [2.05, 4.69) is 10.5 Å². The number of methoxy groups -OCH3 is 1. The smallest absolute Gasteiger partial charge is 0.275 e. The van der Waals surface area contributed by atoms with Crippen LogP contribution in [0.1, 0.15) is 15.9 Å². The predicted molar refractivity (Wildman–Crippen MR) is 84.5 cm³/mol. The summed E-state index contributed by atoms with van der Waals surface area (Å²) in [5.41, 5.74) is 3.57. The van der Waals surface area contributed by atoms with Crippen LogP contribution in [0, 0.1) is 0 Å². The summed E-state index contributed by atoms with van der Waals surface area (Å²) in [5.74, 6) is 0.128. The molecule has 0 fully saturated rings. The van der Waals surface area contributed by atoms with E-state index in [-0.39, 0.29) is 5.91 Å². The van der Waals surface area contributed by atoms with Gasteiger partial charge in [0, 0.05) is 0 Å². The van der Waals surface area contributed by atoms with E-state index < -0.39 is 0 Å². The lowest BCUT2D eigenvalue weighted by atomic mass is 10.2. The monoisotopic (exact) mass is 322 g/mol. The first-order valence-corrected chi connectivity index (χ1v) is 6.79. The minimum absolute atomic E-state index is 0.358. The molecule has 0 heterocycles. The van der Waals surface area contributed by atoms with Gasteiger partial charge in [0.2, 0.25) is 0 Å². The van der Waals surface area contributed by atoms with Gasteiger partial charge in [-0.3, -0.25) is 4.79 Å². The first-order chi connectivity index (χ1) is 10.1. The number of hydrazone groups is 1. The molecule has 0 aliphatic carbocycles. The van der Waals surface area contributed by atoms with Crippen LogP contribution in [0.4, 0.5) is 0 Å². The van der Waals surface area contributed by atoms with E-state index in [1.807, 2.05) is 0 Å². The zero-order valence-corrected chi connectivity index (χ0v) is 12.7. The Kier molecular flexibility index (Phi) is 5.20. The molecule has 0 saturated carbocycles. The first kappa shape index (κ1) is 15.4. The molecule has 21 heavy (non-hydrogen) atoms. The van der Waals surface area contributed by atoms with Crippen LogP contribution in [0.15, 0.2) is 47.6 Å². The normalized spacial score (nSPS) is 10.6. The van der Waals surface area contributed by atoms with E-state index in [1.54, 1.807) is 42.5 Å². The summed E-state index contributed by atoms with van der Waals surface area (Å²) < 4.78 is 5.12. The second kappa shape index (κ2) is 7.11. The summed E-state index contributed by atoms with van der Waals surface area (Å²) in [6.45, 7) is 0. The van der Waals surface area contributed by atoms with Crippen molar-refractivity contribution in [2.45, 2.75) is 0 Å². The Morgan fingerprint density at radius 3 is 2.67 bits per heavy atom. The molecule has 0 spiro atoms. The van der Waals surface area contributed by atoms with Gasteiger partial charge in [-0.2, -0.15) is 5.10 Å². The van der Waals surface area contributed by atoms with Crippen LogP contribution < -0.4 is 10.2 Å². The minimum Gasteiger partial charge on any atom is -0.496 e. The lowest BCUT2D eigenvalue weighted by molar-refractivity contribution is 0.0952. The van der Waals surface area contributed by atoms with Crippen molar-refractivity contribution < 1.29 is 9.53 Å². The third kappa shape index (κ3) is 3.97. The molecule has 2 aromatic carbocycles. The second-order valence-electron chi connectivity index (χ2n) is 4.07. The maximum absolute atomic E-state index is 12.0. The highest BCUT2D eigenvalue weighted by Crippen LogP contribution is 2.21. The van der Waals surface area contributed by atoms with E-state index >= 15 is 0 Å². The van der Waals surface area contributed by atoms with Gasteiger partial charge in [-0.1, -0.05) is 41.4 Å². The summed E-state index contributed by atoms with van der Waals surface area (Å²) in [5, 5.41) is 4.77. The minimum atomic E-state index is -0.358. The van der Waals surface area contributed by atoms with Gasteiger partial charge in [0.05, 0.1) is 28.9 Å². The summed E-state index contributed by atoms with van der Waals surface area (Å²) in [4.78, 5) is 12.0. The summed E-state index contributed by atoms with van der Waals surface area (Å²) in [6, 6.07) is 12.0. The topological polar surface area (TPSA) is 50.7 Å². The summed E-state index contributed by atoms with van der Waals surface area (Å²) in [7, 11) is 1.51. The van der Waals surface area contributed by atoms with Crippen molar-refractivity contribution in [3.63, 3.8) is 0 Å². The van der Waals surface area contributed by atoms with Crippen molar-refractivity contribution in [3.05, 3.63) is 63.6 Å². The highest BCUT2D eigenvalue weighted by atomic mass is 35.5. The van der Waals surface area contributed by atoms with E-state index in [0.29, 0.717) is 21.4 Å². The molecule has 1 N–H and O–H groups in total. The van der Waals surface area contributed by atoms with E-state index in [9.17, 15) is 4.79 Å². The Hall–Kier alpha value is -2.04. The van der Waals surface area contributed by atoms with Crippen molar-refractivity contribution >= 4 is 35.3 Å². The quantitative estimate of drug-likeness (QED) is 0.688. The fourth-order valence-electron chi connectivity index (χ4n) is 1.65. The van der Waals surface area contributed by atoms with Gasteiger partial charge in [0.25, 0.3) is 5.91 Å². The lowest BCUT2D eigenvalue weighted by Gasteiger charge is -2.05. The van der Waals surface area contributed by atoms with Gasteiger partial charge in [0.15, 0.2) is 0 Å². The van der Waals surface area contributed by atoms with Crippen LogP contribution >= 0.6 is 23.2 Å². The standard InChI is InChI=1S/C15H12Cl2N2O2/c1-21-14-5-3-2-4-11(14)15(20)19-18-9-10-6-7-12(16)13(17)8-10/h2-9H,1H3,(H,19,20)/b18-9+. The first-order valence-electron chi connectivity index (χ1n) is 6.03. The number of ether oxygens (including phenoxy) is 1. The van der Waals surface area contributed by atoms with Crippen molar-refractivity contribution in [3.8, 4) is 5.75 Å². The highest BCUT2D eigenvalue weighted by molar-refractivity contribution is 6.42. The second-order valence-corrected chi connectivity index (χ2v) is 4.89. The molecule has 0 aromatic heterocycles. The van der Waals surface area contributed by atoms with Gasteiger partial charge in [-0.15, -0.1) is 0 Å². The van der Waals surface area contributed by atoms with Crippen molar-refractivity contribution in [2.75, 3.05) is 7.11 Å². The molecule has 1 amide bonds. The number of amides is 1. The third-order valence-electron chi connectivity index (χ3n) is 2.67. The molecule has 2 aromatic rings. The number of carbonyl (C=O) groups excluding carboxylic acids is 1. The molecular formula is C15H12Cl2N2O2. The van der Waals surface area contributed by atoms with E-state index in [0.717, 1.165) is 5.56 Å². The Balaban J connectivity index is 2.06. The molecular weight excluding hydrogens is 311 g/mol. The average molecular weight is 323 g/mol. The zero-order chi connectivity index (χ0) is 15.2. The summed E-state index contributed by atoms with van der Waals surface area (Å²) >= 11 is 11.7. The number of halogens is 2. The van der Waals surface area contributed by atoms with Crippen molar-refractivity contribution in [2.24, 2.45) is 5.10 Å². The van der Waals surface area contributed by atoms with E-state index in [1.165, 1.54) is 13.3 Å². The maximum Gasteiger partial charge on any atom is 0.275 e. The van der Waals surface area contributed by atoms with Crippen molar-refractivity contribution in [1.82, 2.24) is 5.43 Å². The maximum atomic E-state index is 12.0. The van der Waals surface area contributed by atoms with Gasteiger partial charge >= 0.3 is 0 Å². The molecule has 0 bridgehead atoms. The molecule has 2 rings (SSSR count). The molecule has 0 saturated heterocycles. The van der Waals surface area contributed by atoms with Crippen LogP contribution in [-0.4, -0.2) is 19.2 Å². The van der Waals surface area contributed by atoms with Crippen LogP contribution in [0.5, 0.6) is 5.75 Å². The Bertz CT molecular complexity index is 687.